The number of halogens is 1. The van der Waals surface area contributed by atoms with Crippen LogP contribution in [-0.2, 0) is 4.74 Å². The smallest absolute Gasteiger partial charge is 0.263 e. The fraction of sp³-hybridized carbons (Fsp3) is 0.400. The highest BCUT2D eigenvalue weighted by molar-refractivity contribution is 7.21. The van der Waals surface area contributed by atoms with Gasteiger partial charge in [0, 0.05) is 4.70 Å². The summed E-state index contributed by atoms with van der Waals surface area (Å²) in [6.07, 6.45) is 3.32. The minimum absolute atomic E-state index is 0.0470. The summed E-state index contributed by atoms with van der Waals surface area (Å²) in [5.41, 5.74) is 6.20. The summed E-state index contributed by atoms with van der Waals surface area (Å²) in [6, 6.07) is 4.80. The molecule has 21 heavy (non-hydrogen) atoms. The molecule has 1 amide bonds. The van der Waals surface area contributed by atoms with E-state index in [9.17, 15) is 9.18 Å². The number of nitrogens with one attached hydrogen (secondary N) is 1. The van der Waals surface area contributed by atoms with Gasteiger partial charge in [-0.1, -0.05) is 6.07 Å². The van der Waals surface area contributed by atoms with Crippen LogP contribution in [0.4, 0.5) is 10.1 Å². The molecule has 3 unspecified atom stereocenters. The van der Waals surface area contributed by atoms with E-state index >= 15 is 0 Å². The lowest BCUT2D eigenvalue weighted by atomic mass is 9.95. The van der Waals surface area contributed by atoms with E-state index in [1.807, 2.05) is 0 Å². The van der Waals surface area contributed by atoms with Crippen molar-refractivity contribution in [2.24, 2.45) is 0 Å². The molecule has 4 rings (SSSR count). The highest BCUT2D eigenvalue weighted by Crippen LogP contribution is 2.37. The number of hydrogen-bond acceptors (Lipinski definition) is 4. The normalized spacial score (nSPS) is 27.4. The van der Waals surface area contributed by atoms with Gasteiger partial charge in [-0.05, 0) is 31.4 Å². The van der Waals surface area contributed by atoms with E-state index in [2.05, 4.69) is 5.32 Å². The highest BCUT2D eigenvalue weighted by atomic mass is 32.1. The van der Waals surface area contributed by atoms with Gasteiger partial charge in [-0.2, -0.15) is 0 Å². The number of ether oxygens (including phenoxy) is 1. The van der Waals surface area contributed by atoms with Crippen LogP contribution in [0.3, 0.4) is 0 Å². The van der Waals surface area contributed by atoms with E-state index in [-0.39, 0.29) is 35.7 Å². The second-order valence-corrected chi connectivity index (χ2v) is 6.70. The number of nitrogen functional groups attached to an aromatic ring is 1. The van der Waals surface area contributed by atoms with Gasteiger partial charge in [0.1, 0.15) is 10.7 Å². The standard InChI is InChI=1S/C15H15FN2O2S/c16-8-2-1-3-11-12(8)13(17)14(21-11)15(19)18-9-6-7-4-5-10(9)20-7/h1-3,7,9-10H,4-6,17H2,(H,18,19). The number of fused-ring (bicyclic) bond motifs is 3. The molecule has 110 valence electrons. The van der Waals surface area contributed by atoms with Crippen molar-refractivity contribution in [2.75, 3.05) is 5.73 Å². The maximum absolute atomic E-state index is 13.8. The number of hydrogen-bond donors (Lipinski definition) is 2. The van der Waals surface area contributed by atoms with Gasteiger partial charge in [0.15, 0.2) is 0 Å². The zero-order valence-electron chi connectivity index (χ0n) is 11.3. The molecule has 3 N–H and O–H groups in total. The molecule has 2 fully saturated rings. The average Bonchev–Trinajstić information content (AvgIpc) is 3.13. The quantitative estimate of drug-likeness (QED) is 0.896. The van der Waals surface area contributed by atoms with Crippen LogP contribution < -0.4 is 11.1 Å². The Hall–Kier alpha value is -1.66. The zero-order chi connectivity index (χ0) is 14.6. The van der Waals surface area contributed by atoms with Gasteiger partial charge in [0.05, 0.1) is 29.3 Å². The monoisotopic (exact) mass is 306 g/mol. The van der Waals surface area contributed by atoms with Crippen molar-refractivity contribution < 1.29 is 13.9 Å². The summed E-state index contributed by atoms with van der Waals surface area (Å²) in [6.45, 7) is 0. The molecule has 1 aromatic carbocycles. The third-order valence-electron chi connectivity index (χ3n) is 4.33. The van der Waals surface area contributed by atoms with Crippen molar-refractivity contribution in [3.8, 4) is 0 Å². The molecule has 2 saturated heterocycles. The van der Waals surface area contributed by atoms with Crippen LogP contribution in [-0.4, -0.2) is 24.2 Å². The van der Waals surface area contributed by atoms with Crippen molar-refractivity contribution in [3.63, 3.8) is 0 Å². The Bertz CT molecular complexity index is 730. The Morgan fingerprint density at radius 2 is 2.29 bits per heavy atom. The van der Waals surface area contributed by atoms with Gasteiger partial charge in [0.25, 0.3) is 5.91 Å². The molecule has 4 nitrogen and oxygen atoms in total. The molecule has 2 aromatic rings. The van der Waals surface area contributed by atoms with Crippen LogP contribution in [0.25, 0.3) is 10.1 Å². The third-order valence-corrected chi connectivity index (χ3v) is 5.50. The fourth-order valence-corrected chi connectivity index (χ4v) is 4.36. The molecular weight excluding hydrogens is 291 g/mol. The molecule has 2 aliphatic rings. The summed E-state index contributed by atoms with van der Waals surface area (Å²) >= 11 is 1.23. The van der Waals surface area contributed by atoms with Crippen LogP contribution in [0.15, 0.2) is 18.2 Å². The second-order valence-electron chi connectivity index (χ2n) is 5.65. The predicted molar refractivity (Wildman–Crippen MR) is 80.0 cm³/mol. The summed E-state index contributed by atoms with van der Waals surface area (Å²) in [5, 5.41) is 3.34. The summed E-state index contributed by atoms with van der Waals surface area (Å²) < 4.78 is 20.2. The molecule has 2 aliphatic heterocycles. The number of benzene rings is 1. The predicted octanol–water partition coefficient (Wildman–Crippen LogP) is 2.67. The molecule has 0 radical (unpaired) electrons. The minimum Gasteiger partial charge on any atom is -0.397 e. The molecule has 3 atom stereocenters. The molecule has 1 aromatic heterocycles. The number of rotatable bonds is 2. The Morgan fingerprint density at radius 1 is 1.43 bits per heavy atom. The van der Waals surface area contributed by atoms with Crippen LogP contribution in [0.5, 0.6) is 0 Å². The van der Waals surface area contributed by atoms with Crippen molar-refractivity contribution >= 4 is 33.0 Å². The Labute approximate surface area is 125 Å². The molecule has 0 aliphatic carbocycles. The zero-order valence-corrected chi connectivity index (χ0v) is 12.1. The van der Waals surface area contributed by atoms with Crippen LogP contribution in [0.2, 0.25) is 0 Å². The molecule has 6 heteroatoms. The van der Waals surface area contributed by atoms with E-state index in [4.69, 9.17) is 10.5 Å². The summed E-state index contributed by atoms with van der Waals surface area (Å²) in [4.78, 5) is 12.8. The van der Waals surface area contributed by atoms with Crippen molar-refractivity contribution in [2.45, 2.75) is 37.5 Å². The van der Waals surface area contributed by atoms with Gasteiger partial charge < -0.3 is 15.8 Å². The lowest BCUT2D eigenvalue weighted by molar-refractivity contribution is 0.0844. The Balaban J connectivity index is 1.62. The first kappa shape index (κ1) is 13.0. The molecule has 0 saturated carbocycles. The minimum atomic E-state index is -0.386. The SMILES string of the molecule is Nc1c(C(=O)NC2CC3CCC2O3)sc2cccc(F)c12. The second kappa shape index (κ2) is 4.68. The van der Waals surface area contributed by atoms with Gasteiger partial charge in [-0.15, -0.1) is 11.3 Å². The molecule has 0 spiro atoms. The maximum Gasteiger partial charge on any atom is 0.263 e. The van der Waals surface area contributed by atoms with Gasteiger partial charge in [0.2, 0.25) is 0 Å². The first-order chi connectivity index (χ1) is 10.1. The van der Waals surface area contributed by atoms with Gasteiger partial charge in [-0.3, -0.25) is 4.79 Å². The first-order valence-electron chi connectivity index (χ1n) is 7.06. The number of thiophene rings is 1. The van der Waals surface area contributed by atoms with Gasteiger partial charge in [-0.25, -0.2) is 4.39 Å². The largest absolute Gasteiger partial charge is 0.397 e. The number of carbonyl (C=O) groups excluding carboxylic acids is 1. The van der Waals surface area contributed by atoms with E-state index < -0.39 is 0 Å². The average molecular weight is 306 g/mol. The number of amides is 1. The van der Waals surface area contributed by atoms with Crippen molar-refractivity contribution in [3.05, 3.63) is 28.9 Å². The van der Waals surface area contributed by atoms with E-state index in [1.54, 1.807) is 12.1 Å². The third kappa shape index (κ3) is 2.01. The molecule has 2 bridgehead atoms. The molecular formula is C15H15FN2O2S. The number of anilines is 1. The van der Waals surface area contributed by atoms with Crippen LogP contribution >= 0.6 is 11.3 Å². The lowest BCUT2D eigenvalue weighted by Crippen LogP contribution is -2.41. The maximum atomic E-state index is 13.8. The summed E-state index contributed by atoms with van der Waals surface area (Å²) in [7, 11) is 0. The Morgan fingerprint density at radius 3 is 2.95 bits per heavy atom. The van der Waals surface area contributed by atoms with Crippen molar-refractivity contribution in [1.82, 2.24) is 5.32 Å². The van der Waals surface area contributed by atoms with E-state index in [0.29, 0.717) is 15.0 Å². The first-order valence-corrected chi connectivity index (χ1v) is 7.88. The Kier molecular flexibility index (Phi) is 2.90. The summed E-state index contributed by atoms with van der Waals surface area (Å²) in [5.74, 6) is -0.613. The van der Waals surface area contributed by atoms with E-state index in [0.717, 1.165) is 19.3 Å². The number of nitrogens with two attached hydrogens (primary N) is 1. The van der Waals surface area contributed by atoms with Crippen LogP contribution in [0.1, 0.15) is 28.9 Å². The van der Waals surface area contributed by atoms with E-state index in [1.165, 1.54) is 17.4 Å². The lowest BCUT2D eigenvalue weighted by Gasteiger charge is -2.19. The fourth-order valence-electron chi connectivity index (χ4n) is 3.32. The number of carbonyl (C=O) groups is 1. The van der Waals surface area contributed by atoms with Gasteiger partial charge >= 0.3 is 0 Å². The van der Waals surface area contributed by atoms with Crippen molar-refractivity contribution in [1.29, 1.82) is 0 Å². The molecule has 3 heterocycles. The highest BCUT2D eigenvalue weighted by Gasteiger charge is 2.41. The topological polar surface area (TPSA) is 64.4 Å². The van der Waals surface area contributed by atoms with Crippen LogP contribution in [0, 0.1) is 5.82 Å².